The zero-order valence-corrected chi connectivity index (χ0v) is 14.2. The molecular weight excluding hydrogens is 330 g/mol. The molecule has 1 heterocycles. The molecule has 5 nitrogen and oxygen atoms in total. The van der Waals surface area contributed by atoms with Gasteiger partial charge in [0.2, 0.25) is 0 Å². The van der Waals surface area contributed by atoms with Gasteiger partial charge in [-0.25, -0.2) is 4.79 Å². The normalized spacial score (nSPS) is 11.4. The summed E-state index contributed by atoms with van der Waals surface area (Å²) in [5.41, 5.74) is 0.247. The lowest BCUT2D eigenvalue weighted by molar-refractivity contribution is -0.140. The van der Waals surface area contributed by atoms with Gasteiger partial charge in [0, 0.05) is 6.08 Å². The summed E-state index contributed by atoms with van der Waals surface area (Å²) in [5.74, 6) is -0.538. The van der Waals surface area contributed by atoms with E-state index in [1.807, 2.05) is 13.8 Å². The molecule has 0 aliphatic heterocycles. The van der Waals surface area contributed by atoms with Crippen LogP contribution in [0.1, 0.15) is 30.0 Å². The monoisotopic (exact) mass is 347 g/mol. The van der Waals surface area contributed by atoms with Gasteiger partial charge in [-0.3, -0.25) is 4.79 Å². The quantitative estimate of drug-likeness (QED) is 0.635. The number of hydrogen-bond acceptors (Lipinski definition) is 4. The molecule has 0 aliphatic carbocycles. The number of carbonyl (C=O) groups excluding carboxylic acids is 2. The fraction of sp³-hybridized carbons (Fsp3) is 0.222. The van der Waals surface area contributed by atoms with Crippen molar-refractivity contribution in [1.29, 1.82) is 0 Å². The smallest absolute Gasteiger partial charge is 0.354 e. The number of rotatable bonds is 6. The molecule has 0 saturated carbocycles. The molecule has 6 heteroatoms. The van der Waals surface area contributed by atoms with Gasteiger partial charge in [0.05, 0.1) is 23.5 Å². The van der Waals surface area contributed by atoms with Gasteiger partial charge in [-0.1, -0.05) is 37.6 Å². The molecule has 1 aromatic carbocycles. The minimum atomic E-state index is -0.638. The highest BCUT2D eigenvalue weighted by Crippen LogP contribution is 2.16. The second kappa shape index (κ2) is 8.36. The third-order valence-corrected chi connectivity index (χ3v) is 3.29. The number of esters is 1. The summed E-state index contributed by atoms with van der Waals surface area (Å²) in [7, 11) is 0. The maximum absolute atomic E-state index is 12.4. The molecule has 24 heavy (non-hydrogen) atoms. The van der Waals surface area contributed by atoms with Crippen LogP contribution in [0.5, 0.6) is 0 Å². The lowest BCUT2D eigenvalue weighted by Crippen LogP contribution is -2.29. The van der Waals surface area contributed by atoms with Crippen LogP contribution in [0, 0.1) is 5.92 Å². The largest absolute Gasteiger partial charge is 0.465 e. The van der Waals surface area contributed by atoms with Crippen molar-refractivity contribution in [3.8, 4) is 0 Å². The highest BCUT2D eigenvalue weighted by atomic mass is 35.5. The number of carbonyl (C=O) groups is 2. The molecule has 0 saturated heterocycles. The van der Waals surface area contributed by atoms with Gasteiger partial charge in [-0.15, -0.1) is 0 Å². The number of nitrogens with one attached hydrogen (secondary N) is 1. The highest BCUT2D eigenvalue weighted by Gasteiger charge is 2.18. The molecule has 1 aromatic heterocycles. The first-order valence-electron chi connectivity index (χ1n) is 7.45. The Balaban J connectivity index is 2.21. The van der Waals surface area contributed by atoms with Crippen LogP contribution >= 0.6 is 11.6 Å². The van der Waals surface area contributed by atoms with Gasteiger partial charge in [-0.05, 0) is 30.2 Å². The van der Waals surface area contributed by atoms with E-state index < -0.39 is 11.9 Å². The van der Waals surface area contributed by atoms with E-state index >= 15 is 0 Å². The Morgan fingerprint density at radius 1 is 1.25 bits per heavy atom. The van der Waals surface area contributed by atoms with E-state index in [2.05, 4.69) is 5.32 Å². The van der Waals surface area contributed by atoms with Crippen molar-refractivity contribution in [3.05, 3.63) is 64.7 Å². The van der Waals surface area contributed by atoms with Crippen LogP contribution in [0.2, 0.25) is 5.02 Å². The van der Waals surface area contributed by atoms with E-state index in [-0.39, 0.29) is 23.8 Å². The molecule has 1 amide bonds. The van der Waals surface area contributed by atoms with Crippen LogP contribution in [0.3, 0.4) is 0 Å². The molecule has 0 atom stereocenters. The topological polar surface area (TPSA) is 68.5 Å². The van der Waals surface area contributed by atoms with E-state index in [1.165, 1.54) is 12.3 Å². The average Bonchev–Trinajstić information content (AvgIpc) is 3.05. The predicted octanol–water partition coefficient (Wildman–Crippen LogP) is 3.90. The van der Waals surface area contributed by atoms with Crippen molar-refractivity contribution in [2.45, 2.75) is 13.8 Å². The lowest BCUT2D eigenvalue weighted by Gasteiger charge is -2.12. The Morgan fingerprint density at radius 3 is 2.62 bits per heavy atom. The van der Waals surface area contributed by atoms with Crippen molar-refractivity contribution in [1.82, 2.24) is 5.32 Å². The molecule has 2 rings (SSSR count). The van der Waals surface area contributed by atoms with Gasteiger partial charge in [0.25, 0.3) is 5.91 Å². The highest BCUT2D eigenvalue weighted by molar-refractivity contribution is 6.34. The fourth-order valence-electron chi connectivity index (χ4n) is 1.82. The molecule has 1 N–H and O–H groups in total. The summed E-state index contributed by atoms with van der Waals surface area (Å²) in [6.45, 7) is 4.09. The molecule has 0 bridgehead atoms. The first-order chi connectivity index (χ1) is 11.5. The van der Waals surface area contributed by atoms with Gasteiger partial charge in [0.1, 0.15) is 11.5 Å². The molecule has 0 spiro atoms. The van der Waals surface area contributed by atoms with Crippen molar-refractivity contribution in [3.63, 3.8) is 0 Å². The van der Waals surface area contributed by atoms with E-state index in [0.29, 0.717) is 10.8 Å². The van der Waals surface area contributed by atoms with Gasteiger partial charge in [-0.2, -0.15) is 0 Å². The standard InChI is InChI=1S/C18H18ClNO4/c1-12(2)11-24-18(22)16(10-13-6-5-9-23-13)20-17(21)14-7-3-4-8-15(14)19/h3-10,12H,11H2,1-2H3,(H,20,21). The third kappa shape index (κ3) is 4.99. The lowest BCUT2D eigenvalue weighted by atomic mass is 10.2. The summed E-state index contributed by atoms with van der Waals surface area (Å²) in [4.78, 5) is 24.6. The van der Waals surface area contributed by atoms with Crippen LogP contribution in [0.25, 0.3) is 6.08 Å². The Labute approximate surface area is 145 Å². The second-order valence-electron chi connectivity index (χ2n) is 5.50. The SMILES string of the molecule is CC(C)COC(=O)C(=Cc1ccco1)NC(=O)c1ccccc1Cl. The Morgan fingerprint density at radius 2 is 2.00 bits per heavy atom. The van der Waals surface area contributed by atoms with Crippen LogP contribution in [-0.4, -0.2) is 18.5 Å². The van der Waals surface area contributed by atoms with Crippen LogP contribution < -0.4 is 5.32 Å². The summed E-state index contributed by atoms with van der Waals surface area (Å²) >= 11 is 6.01. The average molecular weight is 348 g/mol. The summed E-state index contributed by atoms with van der Waals surface area (Å²) in [6.07, 6.45) is 2.89. The summed E-state index contributed by atoms with van der Waals surface area (Å²) in [6, 6.07) is 9.92. The molecular formula is C18H18ClNO4. The zero-order chi connectivity index (χ0) is 17.5. The van der Waals surface area contributed by atoms with Crippen LogP contribution in [0.15, 0.2) is 52.8 Å². The number of hydrogen-bond donors (Lipinski definition) is 1. The molecule has 0 radical (unpaired) electrons. The maximum atomic E-state index is 12.4. The third-order valence-electron chi connectivity index (χ3n) is 2.96. The van der Waals surface area contributed by atoms with Crippen LogP contribution in [-0.2, 0) is 9.53 Å². The van der Waals surface area contributed by atoms with Gasteiger partial charge >= 0.3 is 5.97 Å². The van der Waals surface area contributed by atoms with Crippen molar-refractivity contribution >= 4 is 29.6 Å². The minimum Gasteiger partial charge on any atom is -0.465 e. The first kappa shape index (κ1) is 17.8. The predicted molar refractivity (Wildman–Crippen MR) is 91.4 cm³/mol. The van der Waals surface area contributed by atoms with E-state index in [4.69, 9.17) is 20.8 Å². The Hall–Kier alpha value is -2.53. The summed E-state index contributed by atoms with van der Waals surface area (Å²) in [5, 5.41) is 2.83. The molecule has 0 aliphatic rings. The van der Waals surface area contributed by atoms with Crippen molar-refractivity contribution < 1.29 is 18.7 Å². The van der Waals surface area contributed by atoms with Gasteiger partial charge in [0.15, 0.2) is 0 Å². The molecule has 2 aromatic rings. The van der Waals surface area contributed by atoms with Crippen molar-refractivity contribution in [2.75, 3.05) is 6.61 Å². The van der Waals surface area contributed by atoms with E-state index in [1.54, 1.807) is 36.4 Å². The van der Waals surface area contributed by atoms with Crippen molar-refractivity contribution in [2.24, 2.45) is 5.92 Å². The van der Waals surface area contributed by atoms with Gasteiger partial charge < -0.3 is 14.5 Å². The zero-order valence-electron chi connectivity index (χ0n) is 13.4. The maximum Gasteiger partial charge on any atom is 0.354 e. The number of amides is 1. The Bertz CT molecular complexity index is 735. The summed E-state index contributed by atoms with van der Waals surface area (Å²) < 4.78 is 10.4. The molecule has 0 unspecified atom stereocenters. The second-order valence-corrected chi connectivity index (χ2v) is 5.91. The molecule has 126 valence electrons. The minimum absolute atomic E-state index is 0.0180. The first-order valence-corrected chi connectivity index (χ1v) is 7.83. The van der Waals surface area contributed by atoms with E-state index in [0.717, 1.165) is 0 Å². The van der Waals surface area contributed by atoms with Crippen LogP contribution in [0.4, 0.5) is 0 Å². The molecule has 0 fully saturated rings. The number of ether oxygens (including phenoxy) is 1. The van der Waals surface area contributed by atoms with E-state index in [9.17, 15) is 9.59 Å². The number of benzene rings is 1. The number of furan rings is 1. The number of halogens is 1. The fourth-order valence-corrected chi connectivity index (χ4v) is 2.04. The Kier molecular flexibility index (Phi) is 6.21.